The SMILES string of the molecule is CCC1CCC(C)N1C(=O)c1cccc(C(=O)O)n1. The summed E-state index contributed by atoms with van der Waals surface area (Å²) in [5.74, 6) is -1.28. The molecule has 1 saturated heterocycles. The summed E-state index contributed by atoms with van der Waals surface area (Å²) in [6.45, 7) is 4.08. The van der Waals surface area contributed by atoms with Gasteiger partial charge in [0.1, 0.15) is 11.4 Å². The molecular formula is C14H18N2O3. The number of hydrogen-bond acceptors (Lipinski definition) is 3. The quantitative estimate of drug-likeness (QED) is 0.906. The fourth-order valence-electron chi connectivity index (χ4n) is 2.64. The highest BCUT2D eigenvalue weighted by Crippen LogP contribution is 2.27. The lowest BCUT2D eigenvalue weighted by molar-refractivity contribution is 0.0668. The summed E-state index contributed by atoms with van der Waals surface area (Å²) in [5.41, 5.74) is 0.123. The van der Waals surface area contributed by atoms with E-state index in [-0.39, 0.29) is 29.4 Å². The zero-order valence-corrected chi connectivity index (χ0v) is 11.2. The van der Waals surface area contributed by atoms with Crippen molar-refractivity contribution in [3.63, 3.8) is 0 Å². The van der Waals surface area contributed by atoms with E-state index in [2.05, 4.69) is 11.9 Å². The van der Waals surface area contributed by atoms with Crippen LogP contribution in [0, 0.1) is 0 Å². The van der Waals surface area contributed by atoms with Crippen molar-refractivity contribution in [3.05, 3.63) is 29.6 Å². The molecule has 5 nitrogen and oxygen atoms in total. The van der Waals surface area contributed by atoms with E-state index in [4.69, 9.17) is 5.11 Å². The molecule has 102 valence electrons. The second-order valence-electron chi connectivity index (χ2n) is 4.91. The Morgan fingerprint density at radius 3 is 2.68 bits per heavy atom. The number of likely N-dealkylation sites (tertiary alicyclic amines) is 1. The van der Waals surface area contributed by atoms with Crippen molar-refractivity contribution in [2.45, 2.75) is 45.2 Å². The van der Waals surface area contributed by atoms with Crippen molar-refractivity contribution in [1.29, 1.82) is 0 Å². The number of aromatic carboxylic acids is 1. The van der Waals surface area contributed by atoms with Crippen LogP contribution < -0.4 is 0 Å². The number of hydrogen-bond donors (Lipinski definition) is 1. The molecule has 1 aliphatic heterocycles. The van der Waals surface area contributed by atoms with Crippen molar-refractivity contribution in [2.75, 3.05) is 0 Å². The highest BCUT2D eigenvalue weighted by atomic mass is 16.4. The Morgan fingerprint density at radius 2 is 2.05 bits per heavy atom. The molecule has 2 unspecified atom stereocenters. The molecule has 1 fully saturated rings. The molecule has 1 aromatic heterocycles. The van der Waals surface area contributed by atoms with E-state index in [0.717, 1.165) is 19.3 Å². The molecule has 1 amide bonds. The van der Waals surface area contributed by atoms with E-state index >= 15 is 0 Å². The van der Waals surface area contributed by atoms with Gasteiger partial charge in [-0.2, -0.15) is 0 Å². The lowest BCUT2D eigenvalue weighted by atomic mass is 10.1. The second-order valence-corrected chi connectivity index (χ2v) is 4.91. The van der Waals surface area contributed by atoms with Crippen molar-refractivity contribution in [1.82, 2.24) is 9.88 Å². The van der Waals surface area contributed by atoms with E-state index in [0.29, 0.717) is 0 Å². The summed E-state index contributed by atoms with van der Waals surface area (Å²) in [4.78, 5) is 29.1. The van der Waals surface area contributed by atoms with E-state index in [1.165, 1.54) is 6.07 Å². The number of amides is 1. The molecule has 2 atom stereocenters. The Labute approximate surface area is 112 Å². The lowest BCUT2D eigenvalue weighted by Crippen LogP contribution is -2.40. The Hall–Kier alpha value is -1.91. The topological polar surface area (TPSA) is 70.5 Å². The van der Waals surface area contributed by atoms with Crippen LogP contribution in [-0.4, -0.2) is 39.0 Å². The fraction of sp³-hybridized carbons (Fsp3) is 0.500. The molecule has 0 bridgehead atoms. The van der Waals surface area contributed by atoms with Crippen LogP contribution in [0.3, 0.4) is 0 Å². The highest BCUT2D eigenvalue weighted by molar-refractivity contribution is 5.94. The van der Waals surface area contributed by atoms with Gasteiger partial charge in [-0.25, -0.2) is 9.78 Å². The van der Waals surface area contributed by atoms with E-state index in [1.807, 2.05) is 11.8 Å². The van der Waals surface area contributed by atoms with Crippen LogP contribution in [0.15, 0.2) is 18.2 Å². The fourth-order valence-corrected chi connectivity index (χ4v) is 2.64. The Balaban J connectivity index is 2.28. The molecule has 1 aliphatic rings. The van der Waals surface area contributed by atoms with Crippen LogP contribution in [-0.2, 0) is 0 Å². The number of rotatable bonds is 3. The zero-order valence-electron chi connectivity index (χ0n) is 11.2. The molecule has 5 heteroatoms. The van der Waals surface area contributed by atoms with Gasteiger partial charge >= 0.3 is 5.97 Å². The largest absolute Gasteiger partial charge is 0.477 e. The number of nitrogens with zero attached hydrogens (tertiary/aromatic N) is 2. The maximum atomic E-state index is 12.5. The summed E-state index contributed by atoms with van der Waals surface area (Å²) in [7, 11) is 0. The molecule has 1 N–H and O–H groups in total. The van der Waals surface area contributed by atoms with Gasteiger partial charge in [-0.15, -0.1) is 0 Å². The summed E-state index contributed by atoms with van der Waals surface area (Å²) < 4.78 is 0. The van der Waals surface area contributed by atoms with Crippen LogP contribution in [0.25, 0.3) is 0 Å². The Morgan fingerprint density at radius 1 is 1.37 bits per heavy atom. The molecule has 19 heavy (non-hydrogen) atoms. The molecule has 0 saturated carbocycles. The normalized spacial score (nSPS) is 22.5. The van der Waals surface area contributed by atoms with Crippen molar-refractivity contribution >= 4 is 11.9 Å². The molecule has 0 aliphatic carbocycles. The summed E-state index contributed by atoms with van der Waals surface area (Å²) in [6, 6.07) is 4.95. The van der Waals surface area contributed by atoms with Crippen molar-refractivity contribution < 1.29 is 14.7 Å². The second kappa shape index (κ2) is 5.38. The van der Waals surface area contributed by atoms with Gasteiger partial charge in [0.25, 0.3) is 5.91 Å². The Bertz CT molecular complexity index is 501. The van der Waals surface area contributed by atoms with Gasteiger partial charge in [0, 0.05) is 12.1 Å². The number of pyridine rings is 1. The first-order valence-corrected chi connectivity index (χ1v) is 6.57. The summed E-state index contributed by atoms with van der Waals surface area (Å²) in [5, 5.41) is 8.92. The molecule has 0 spiro atoms. The van der Waals surface area contributed by atoms with Gasteiger partial charge < -0.3 is 10.0 Å². The van der Waals surface area contributed by atoms with Crippen LogP contribution >= 0.6 is 0 Å². The number of carboxylic acids is 1. The first-order valence-electron chi connectivity index (χ1n) is 6.57. The third-order valence-corrected chi connectivity index (χ3v) is 3.68. The summed E-state index contributed by atoms with van der Waals surface area (Å²) in [6.07, 6.45) is 2.90. The molecule has 1 aromatic rings. The molecule has 2 rings (SSSR count). The van der Waals surface area contributed by atoms with Gasteiger partial charge in [0.05, 0.1) is 0 Å². The minimum atomic E-state index is -1.11. The minimum Gasteiger partial charge on any atom is -0.477 e. The first-order chi connectivity index (χ1) is 9.04. The van der Waals surface area contributed by atoms with Crippen molar-refractivity contribution in [2.24, 2.45) is 0 Å². The maximum Gasteiger partial charge on any atom is 0.354 e. The zero-order chi connectivity index (χ0) is 14.0. The number of carbonyl (C=O) groups excluding carboxylic acids is 1. The smallest absolute Gasteiger partial charge is 0.354 e. The van der Waals surface area contributed by atoms with Crippen LogP contribution in [0.5, 0.6) is 0 Å². The molecule has 0 aromatic carbocycles. The molecular weight excluding hydrogens is 244 g/mol. The minimum absolute atomic E-state index is 0.0919. The molecule has 2 heterocycles. The van der Waals surface area contributed by atoms with Gasteiger partial charge in [0.15, 0.2) is 0 Å². The number of carboxylic acid groups (broad SMARTS) is 1. The standard InChI is InChI=1S/C14H18N2O3/c1-3-10-8-7-9(2)16(10)13(17)11-5-4-6-12(15-11)14(18)19/h4-6,9-10H,3,7-8H2,1-2H3,(H,18,19). The van der Waals surface area contributed by atoms with E-state index in [1.54, 1.807) is 12.1 Å². The average Bonchev–Trinajstić information content (AvgIpc) is 2.79. The highest BCUT2D eigenvalue weighted by Gasteiger charge is 2.34. The number of carbonyl (C=O) groups is 2. The average molecular weight is 262 g/mol. The van der Waals surface area contributed by atoms with E-state index in [9.17, 15) is 9.59 Å². The van der Waals surface area contributed by atoms with Gasteiger partial charge in [-0.3, -0.25) is 4.79 Å². The Kier molecular flexibility index (Phi) is 3.83. The summed E-state index contributed by atoms with van der Waals surface area (Å²) >= 11 is 0. The predicted octanol–water partition coefficient (Wildman–Crippen LogP) is 2.18. The van der Waals surface area contributed by atoms with E-state index < -0.39 is 5.97 Å². The van der Waals surface area contributed by atoms with Crippen LogP contribution in [0.4, 0.5) is 0 Å². The molecule has 0 radical (unpaired) electrons. The van der Waals surface area contributed by atoms with Gasteiger partial charge in [0.2, 0.25) is 0 Å². The third kappa shape index (κ3) is 2.59. The van der Waals surface area contributed by atoms with Crippen LogP contribution in [0.1, 0.15) is 54.1 Å². The van der Waals surface area contributed by atoms with Crippen molar-refractivity contribution in [3.8, 4) is 0 Å². The number of aromatic nitrogens is 1. The first kappa shape index (κ1) is 13.5. The maximum absolute atomic E-state index is 12.5. The van der Waals surface area contributed by atoms with Crippen LogP contribution in [0.2, 0.25) is 0 Å². The van der Waals surface area contributed by atoms with Gasteiger partial charge in [-0.05, 0) is 38.3 Å². The predicted molar refractivity (Wildman–Crippen MR) is 70.1 cm³/mol. The van der Waals surface area contributed by atoms with Gasteiger partial charge in [-0.1, -0.05) is 13.0 Å². The lowest BCUT2D eigenvalue weighted by Gasteiger charge is -2.27. The monoisotopic (exact) mass is 262 g/mol. The third-order valence-electron chi connectivity index (χ3n) is 3.68.